The Morgan fingerprint density at radius 3 is 1.88 bits per heavy atom. The quantitative estimate of drug-likeness (QED) is 0.268. The van der Waals surface area contributed by atoms with Gasteiger partial charge in [-0.15, -0.1) is 0 Å². The molecule has 0 radical (unpaired) electrons. The fourth-order valence-corrected chi connectivity index (χ4v) is 4.56. The van der Waals surface area contributed by atoms with E-state index in [0.717, 1.165) is 5.56 Å². The summed E-state index contributed by atoms with van der Waals surface area (Å²) in [5, 5.41) is 5.03. The second kappa shape index (κ2) is 7.79. The molecule has 0 spiro atoms. The Morgan fingerprint density at radius 1 is 0.406 bits per heavy atom. The summed E-state index contributed by atoms with van der Waals surface area (Å²) < 4.78 is 0. The van der Waals surface area contributed by atoms with Crippen molar-refractivity contribution in [2.24, 2.45) is 0 Å². The van der Waals surface area contributed by atoms with Gasteiger partial charge in [0, 0.05) is 18.0 Å². The van der Waals surface area contributed by atoms with Gasteiger partial charge < -0.3 is 0 Å². The van der Waals surface area contributed by atoms with E-state index < -0.39 is 0 Å². The van der Waals surface area contributed by atoms with Crippen molar-refractivity contribution >= 4 is 21.5 Å². The lowest BCUT2D eigenvalue weighted by molar-refractivity contribution is 1.33. The third-order valence-electron chi connectivity index (χ3n) is 6.12. The van der Waals surface area contributed by atoms with Crippen LogP contribution in [0.5, 0.6) is 0 Å². The average molecular weight is 408 g/mol. The number of fused-ring (bicyclic) bond motifs is 2. The molecule has 0 unspecified atom stereocenters. The smallest absolute Gasteiger partial charge is 0.0346 e. The molecule has 0 aliphatic carbocycles. The summed E-state index contributed by atoms with van der Waals surface area (Å²) in [7, 11) is 0. The van der Waals surface area contributed by atoms with Crippen molar-refractivity contribution in [2.45, 2.75) is 0 Å². The van der Waals surface area contributed by atoms with Gasteiger partial charge in [0.15, 0.2) is 0 Å². The van der Waals surface area contributed by atoms with E-state index in [1.54, 1.807) is 0 Å². The number of benzene rings is 5. The monoisotopic (exact) mass is 407 g/mol. The Kier molecular flexibility index (Phi) is 4.51. The van der Waals surface area contributed by atoms with Crippen LogP contribution in [-0.4, -0.2) is 4.98 Å². The number of rotatable bonds is 3. The number of hydrogen-bond donors (Lipinski definition) is 0. The van der Waals surface area contributed by atoms with E-state index >= 15 is 0 Å². The van der Waals surface area contributed by atoms with Crippen molar-refractivity contribution in [1.82, 2.24) is 4.98 Å². The lowest BCUT2D eigenvalue weighted by Gasteiger charge is -2.16. The molecule has 0 amide bonds. The summed E-state index contributed by atoms with van der Waals surface area (Å²) in [6, 6.07) is 41.3. The van der Waals surface area contributed by atoms with E-state index in [1.807, 2.05) is 18.5 Å². The fraction of sp³-hybridized carbons (Fsp3) is 0. The molecule has 1 heterocycles. The molecule has 1 nitrogen and oxygen atoms in total. The Hall–Kier alpha value is -4.23. The van der Waals surface area contributed by atoms with E-state index in [-0.39, 0.29) is 0 Å². The molecule has 0 saturated heterocycles. The highest BCUT2D eigenvalue weighted by atomic mass is 14.6. The number of nitrogens with zero attached hydrogens (tertiary/aromatic N) is 1. The molecule has 1 heteroatoms. The lowest BCUT2D eigenvalue weighted by atomic mass is 9.88. The highest BCUT2D eigenvalue weighted by molar-refractivity contribution is 6.08. The van der Waals surface area contributed by atoms with E-state index in [2.05, 4.69) is 114 Å². The van der Waals surface area contributed by atoms with Crippen LogP contribution in [0.4, 0.5) is 0 Å². The van der Waals surface area contributed by atoms with Crippen LogP contribution < -0.4 is 0 Å². The average Bonchev–Trinajstić information content (AvgIpc) is 2.88. The van der Waals surface area contributed by atoms with Crippen LogP contribution in [0.25, 0.3) is 54.9 Å². The van der Waals surface area contributed by atoms with Gasteiger partial charge in [-0.3, -0.25) is 4.98 Å². The van der Waals surface area contributed by atoms with Crippen LogP contribution in [0.1, 0.15) is 0 Å². The number of aromatic nitrogens is 1. The standard InChI is InChI=1S/C31H21N/c1-2-9-22(10-3-1)26-18-27-17-23-11-4-5-12-24(23)19-30(27)31(20-26)29-15-7-6-14-28(29)25-13-8-16-32-21-25/h1-21H. The SMILES string of the molecule is c1ccc(-c2cc(-c3ccccc3-c3cccnc3)c3cc4ccccc4cc3c2)cc1. The van der Waals surface area contributed by atoms with E-state index in [1.165, 1.54) is 49.4 Å². The second-order valence-corrected chi connectivity index (χ2v) is 8.10. The van der Waals surface area contributed by atoms with Crippen molar-refractivity contribution in [3.8, 4) is 33.4 Å². The minimum Gasteiger partial charge on any atom is -0.264 e. The Morgan fingerprint density at radius 2 is 1.09 bits per heavy atom. The highest BCUT2D eigenvalue weighted by Crippen LogP contribution is 2.40. The first kappa shape index (κ1) is 18.5. The fourth-order valence-electron chi connectivity index (χ4n) is 4.56. The zero-order chi connectivity index (χ0) is 21.3. The van der Waals surface area contributed by atoms with Crippen LogP contribution in [-0.2, 0) is 0 Å². The van der Waals surface area contributed by atoms with Crippen LogP contribution in [0, 0.1) is 0 Å². The molecule has 0 N–H and O–H groups in total. The molecule has 150 valence electrons. The molecular formula is C31H21N. The van der Waals surface area contributed by atoms with Gasteiger partial charge in [0.1, 0.15) is 0 Å². The van der Waals surface area contributed by atoms with Crippen molar-refractivity contribution in [1.29, 1.82) is 0 Å². The van der Waals surface area contributed by atoms with Crippen LogP contribution in [0.3, 0.4) is 0 Å². The Bertz CT molecular complexity index is 1550. The second-order valence-electron chi connectivity index (χ2n) is 8.10. The Balaban J connectivity index is 1.70. The van der Waals surface area contributed by atoms with Gasteiger partial charge in [0.25, 0.3) is 0 Å². The summed E-state index contributed by atoms with van der Waals surface area (Å²) in [4.78, 5) is 4.36. The summed E-state index contributed by atoms with van der Waals surface area (Å²) in [5.41, 5.74) is 7.24. The summed E-state index contributed by atoms with van der Waals surface area (Å²) in [6.45, 7) is 0. The topological polar surface area (TPSA) is 12.9 Å². The van der Waals surface area contributed by atoms with Crippen molar-refractivity contribution in [3.63, 3.8) is 0 Å². The molecule has 0 bridgehead atoms. The molecule has 0 atom stereocenters. The molecule has 0 aliphatic rings. The summed E-state index contributed by atoms with van der Waals surface area (Å²) in [6.07, 6.45) is 3.77. The third-order valence-corrected chi connectivity index (χ3v) is 6.12. The van der Waals surface area contributed by atoms with E-state index in [4.69, 9.17) is 0 Å². The summed E-state index contributed by atoms with van der Waals surface area (Å²) in [5.74, 6) is 0. The lowest BCUT2D eigenvalue weighted by Crippen LogP contribution is -1.90. The zero-order valence-electron chi connectivity index (χ0n) is 17.6. The molecule has 0 saturated carbocycles. The van der Waals surface area contributed by atoms with Crippen LogP contribution >= 0.6 is 0 Å². The normalized spacial score (nSPS) is 11.1. The van der Waals surface area contributed by atoms with Gasteiger partial charge >= 0.3 is 0 Å². The van der Waals surface area contributed by atoms with E-state index in [0.29, 0.717) is 0 Å². The number of hydrogen-bond acceptors (Lipinski definition) is 1. The molecule has 6 aromatic rings. The molecule has 0 aliphatic heterocycles. The maximum atomic E-state index is 4.36. The highest BCUT2D eigenvalue weighted by Gasteiger charge is 2.13. The number of pyridine rings is 1. The molecule has 6 rings (SSSR count). The predicted octanol–water partition coefficient (Wildman–Crippen LogP) is 8.39. The van der Waals surface area contributed by atoms with Gasteiger partial charge in [-0.25, -0.2) is 0 Å². The molecular weight excluding hydrogens is 386 g/mol. The van der Waals surface area contributed by atoms with Gasteiger partial charge in [0.2, 0.25) is 0 Å². The first-order valence-corrected chi connectivity index (χ1v) is 10.9. The van der Waals surface area contributed by atoms with Gasteiger partial charge in [-0.1, -0.05) is 84.9 Å². The molecule has 0 fully saturated rings. The largest absolute Gasteiger partial charge is 0.264 e. The van der Waals surface area contributed by atoms with E-state index in [9.17, 15) is 0 Å². The van der Waals surface area contributed by atoms with Crippen LogP contribution in [0.15, 0.2) is 128 Å². The summed E-state index contributed by atoms with van der Waals surface area (Å²) >= 11 is 0. The first-order chi connectivity index (χ1) is 15.9. The van der Waals surface area contributed by atoms with Crippen molar-refractivity contribution in [3.05, 3.63) is 128 Å². The van der Waals surface area contributed by atoms with Crippen LogP contribution in [0.2, 0.25) is 0 Å². The molecule has 1 aromatic heterocycles. The van der Waals surface area contributed by atoms with Crippen molar-refractivity contribution < 1.29 is 0 Å². The van der Waals surface area contributed by atoms with Crippen molar-refractivity contribution in [2.75, 3.05) is 0 Å². The maximum absolute atomic E-state index is 4.36. The third kappa shape index (κ3) is 3.25. The minimum atomic E-state index is 1.13. The predicted molar refractivity (Wildman–Crippen MR) is 136 cm³/mol. The first-order valence-electron chi connectivity index (χ1n) is 10.9. The van der Waals surface area contributed by atoms with Gasteiger partial charge in [-0.05, 0) is 79.7 Å². The zero-order valence-corrected chi connectivity index (χ0v) is 17.6. The minimum absolute atomic E-state index is 1.13. The molecule has 5 aromatic carbocycles. The van der Waals surface area contributed by atoms with Gasteiger partial charge in [0.05, 0.1) is 0 Å². The van der Waals surface area contributed by atoms with Gasteiger partial charge in [-0.2, -0.15) is 0 Å². The maximum Gasteiger partial charge on any atom is 0.0346 e. The molecule has 32 heavy (non-hydrogen) atoms. The Labute approximate surface area is 187 Å².